The Hall–Kier alpha value is -0.340. The molecule has 1 aliphatic rings. The molecule has 2 heteroatoms. The third-order valence-corrected chi connectivity index (χ3v) is 5.37. The molecular formula is C16H27NS. The first-order valence-corrected chi connectivity index (χ1v) is 8.50. The van der Waals surface area contributed by atoms with Crippen LogP contribution >= 0.6 is 11.3 Å². The Bertz CT molecular complexity index is 334. The minimum atomic E-state index is 0.298. The van der Waals surface area contributed by atoms with Gasteiger partial charge in [-0.3, -0.25) is 0 Å². The van der Waals surface area contributed by atoms with Gasteiger partial charge in [-0.2, -0.15) is 0 Å². The topological polar surface area (TPSA) is 26.0 Å². The molecular weight excluding hydrogens is 238 g/mol. The molecule has 0 spiro atoms. The first-order valence-electron chi connectivity index (χ1n) is 7.68. The highest BCUT2D eigenvalue weighted by Crippen LogP contribution is 2.34. The molecule has 0 fully saturated rings. The van der Waals surface area contributed by atoms with Gasteiger partial charge < -0.3 is 5.73 Å². The van der Waals surface area contributed by atoms with Crippen LogP contribution in [0.3, 0.4) is 0 Å². The van der Waals surface area contributed by atoms with E-state index in [4.69, 9.17) is 5.73 Å². The molecule has 102 valence electrons. The molecule has 0 aromatic carbocycles. The van der Waals surface area contributed by atoms with Gasteiger partial charge in [-0.1, -0.05) is 45.4 Å². The van der Waals surface area contributed by atoms with E-state index in [1.165, 1.54) is 69.1 Å². The summed E-state index contributed by atoms with van der Waals surface area (Å²) in [7, 11) is 0. The quantitative estimate of drug-likeness (QED) is 0.659. The summed E-state index contributed by atoms with van der Waals surface area (Å²) in [6.45, 7) is 2.27. The summed E-state index contributed by atoms with van der Waals surface area (Å²) in [6, 6.07) is 2.68. The van der Waals surface area contributed by atoms with Crippen molar-refractivity contribution >= 4 is 11.3 Å². The molecule has 0 bridgehead atoms. The first-order chi connectivity index (χ1) is 8.81. The maximum absolute atomic E-state index is 6.31. The molecule has 0 radical (unpaired) electrons. The van der Waals surface area contributed by atoms with E-state index in [0.717, 1.165) is 0 Å². The Balaban J connectivity index is 1.66. The van der Waals surface area contributed by atoms with Crippen LogP contribution in [-0.2, 0) is 12.8 Å². The van der Waals surface area contributed by atoms with E-state index in [1.807, 2.05) is 11.3 Å². The van der Waals surface area contributed by atoms with Gasteiger partial charge in [0, 0.05) is 15.8 Å². The van der Waals surface area contributed by atoms with Crippen LogP contribution in [0, 0.1) is 0 Å². The van der Waals surface area contributed by atoms with Crippen molar-refractivity contribution in [2.75, 3.05) is 0 Å². The lowest BCUT2D eigenvalue weighted by atomic mass is 10.0. The van der Waals surface area contributed by atoms with Crippen LogP contribution in [0.2, 0.25) is 0 Å². The van der Waals surface area contributed by atoms with Crippen molar-refractivity contribution in [1.29, 1.82) is 0 Å². The smallest absolute Gasteiger partial charge is 0.0389 e. The van der Waals surface area contributed by atoms with Crippen molar-refractivity contribution in [3.63, 3.8) is 0 Å². The highest BCUT2D eigenvalue weighted by atomic mass is 32.1. The SMILES string of the molecule is CCCCCCCCC(N)c1cc2c(s1)CCC2. The normalized spacial score (nSPS) is 15.9. The molecule has 0 saturated heterocycles. The monoisotopic (exact) mass is 265 g/mol. The van der Waals surface area contributed by atoms with Gasteiger partial charge in [0.1, 0.15) is 0 Å². The van der Waals surface area contributed by atoms with Gasteiger partial charge >= 0.3 is 0 Å². The molecule has 1 unspecified atom stereocenters. The van der Waals surface area contributed by atoms with Crippen molar-refractivity contribution in [2.45, 2.75) is 77.2 Å². The highest BCUT2D eigenvalue weighted by molar-refractivity contribution is 7.12. The number of hydrogen-bond donors (Lipinski definition) is 1. The van der Waals surface area contributed by atoms with Crippen molar-refractivity contribution < 1.29 is 0 Å². The summed E-state index contributed by atoms with van der Waals surface area (Å²) in [6.07, 6.45) is 13.3. The zero-order chi connectivity index (χ0) is 12.8. The Morgan fingerprint density at radius 2 is 1.94 bits per heavy atom. The molecule has 1 aromatic heterocycles. The Labute approximate surface area is 116 Å². The molecule has 1 heterocycles. The number of unbranched alkanes of at least 4 members (excludes halogenated alkanes) is 5. The van der Waals surface area contributed by atoms with E-state index in [2.05, 4.69) is 13.0 Å². The zero-order valence-corrected chi connectivity index (χ0v) is 12.5. The molecule has 1 aromatic rings. The molecule has 2 rings (SSSR count). The number of rotatable bonds is 8. The van der Waals surface area contributed by atoms with Crippen LogP contribution in [0.4, 0.5) is 0 Å². The summed E-state index contributed by atoms with van der Waals surface area (Å²) >= 11 is 1.98. The average molecular weight is 265 g/mol. The molecule has 0 amide bonds. The molecule has 0 aliphatic heterocycles. The lowest BCUT2D eigenvalue weighted by Crippen LogP contribution is -2.08. The number of fused-ring (bicyclic) bond motifs is 1. The van der Waals surface area contributed by atoms with Crippen molar-refractivity contribution in [3.8, 4) is 0 Å². The number of thiophene rings is 1. The van der Waals surface area contributed by atoms with Crippen molar-refractivity contribution in [2.24, 2.45) is 5.73 Å². The zero-order valence-electron chi connectivity index (χ0n) is 11.7. The van der Waals surface area contributed by atoms with Gasteiger partial charge in [0.05, 0.1) is 0 Å². The van der Waals surface area contributed by atoms with Crippen molar-refractivity contribution in [3.05, 3.63) is 21.4 Å². The molecule has 18 heavy (non-hydrogen) atoms. The van der Waals surface area contributed by atoms with Crippen LogP contribution in [0.1, 0.15) is 79.6 Å². The third kappa shape index (κ3) is 3.83. The van der Waals surface area contributed by atoms with Gasteiger partial charge in [-0.15, -0.1) is 11.3 Å². The molecule has 2 N–H and O–H groups in total. The lowest BCUT2D eigenvalue weighted by molar-refractivity contribution is 0.551. The predicted octanol–water partition coefficient (Wildman–Crippen LogP) is 4.99. The van der Waals surface area contributed by atoms with Crippen LogP contribution in [0.15, 0.2) is 6.07 Å². The van der Waals surface area contributed by atoms with Gasteiger partial charge in [-0.25, -0.2) is 0 Å². The summed E-state index contributed by atoms with van der Waals surface area (Å²) in [5.41, 5.74) is 7.90. The maximum atomic E-state index is 6.31. The summed E-state index contributed by atoms with van der Waals surface area (Å²) in [5.74, 6) is 0. The van der Waals surface area contributed by atoms with E-state index in [-0.39, 0.29) is 0 Å². The number of hydrogen-bond acceptors (Lipinski definition) is 2. The largest absolute Gasteiger partial charge is 0.323 e. The van der Waals surface area contributed by atoms with Crippen LogP contribution in [0.25, 0.3) is 0 Å². The average Bonchev–Trinajstić information content (AvgIpc) is 2.93. The number of nitrogens with two attached hydrogens (primary N) is 1. The van der Waals surface area contributed by atoms with Gasteiger partial charge in [0.15, 0.2) is 0 Å². The van der Waals surface area contributed by atoms with E-state index in [1.54, 1.807) is 10.4 Å². The minimum Gasteiger partial charge on any atom is -0.323 e. The first kappa shape index (κ1) is 14.1. The van der Waals surface area contributed by atoms with E-state index < -0.39 is 0 Å². The van der Waals surface area contributed by atoms with Gasteiger partial charge in [-0.05, 0) is 37.3 Å². The van der Waals surface area contributed by atoms with Gasteiger partial charge in [0.2, 0.25) is 0 Å². The second-order valence-corrected chi connectivity index (χ2v) is 6.78. The fourth-order valence-corrected chi connectivity index (χ4v) is 4.12. The summed E-state index contributed by atoms with van der Waals surface area (Å²) in [5, 5.41) is 0. The molecule has 1 aliphatic carbocycles. The molecule has 1 atom stereocenters. The molecule has 0 saturated carbocycles. The van der Waals surface area contributed by atoms with Crippen LogP contribution in [0.5, 0.6) is 0 Å². The summed E-state index contributed by atoms with van der Waals surface area (Å²) in [4.78, 5) is 3.05. The Morgan fingerprint density at radius 3 is 2.72 bits per heavy atom. The fraction of sp³-hybridized carbons (Fsp3) is 0.750. The van der Waals surface area contributed by atoms with E-state index in [0.29, 0.717) is 6.04 Å². The third-order valence-electron chi connectivity index (χ3n) is 4.00. The molecule has 1 nitrogen and oxygen atoms in total. The van der Waals surface area contributed by atoms with Crippen molar-refractivity contribution in [1.82, 2.24) is 0 Å². The fourth-order valence-electron chi connectivity index (χ4n) is 2.82. The Kier molecular flexibility index (Phi) is 5.71. The van der Waals surface area contributed by atoms with Gasteiger partial charge in [0.25, 0.3) is 0 Å². The highest BCUT2D eigenvalue weighted by Gasteiger charge is 2.17. The minimum absolute atomic E-state index is 0.298. The van der Waals surface area contributed by atoms with E-state index in [9.17, 15) is 0 Å². The summed E-state index contributed by atoms with van der Waals surface area (Å²) < 4.78 is 0. The van der Waals surface area contributed by atoms with E-state index >= 15 is 0 Å². The lowest BCUT2D eigenvalue weighted by Gasteiger charge is -2.09. The van der Waals surface area contributed by atoms with Crippen LogP contribution in [-0.4, -0.2) is 0 Å². The second kappa shape index (κ2) is 7.30. The second-order valence-electron chi connectivity index (χ2n) is 5.61. The standard InChI is InChI=1S/C16H27NS/c1-2-3-4-5-6-7-10-14(17)16-12-13-9-8-11-15(13)18-16/h12,14H,2-11,17H2,1H3. The maximum Gasteiger partial charge on any atom is 0.0389 e. The number of aryl methyl sites for hydroxylation is 2. The Morgan fingerprint density at radius 1 is 1.17 bits per heavy atom. The predicted molar refractivity (Wildman–Crippen MR) is 81.3 cm³/mol. The van der Waals surface area contributed by atoms with Crippen LogP contribution < -0.4 is 5.73 Å².